The van der Waals surface area contributed by atoms with Crippen molar-refractivity contribution in [2.24, 2.45) is 0 Å². The Morgan fingerprint density at radius 3 is 2.52 bits per heavy atom. The fourth-order valence-electron chi connectivity index (χ4n) is 1.98. The molecular formula is C17H18FN3O2. The lowest BCUT2D eigenvalue weighted by Crippen LogP contribution is -2.29. The summed E-state index contributed by atoms with van der Waals surface area (Å²) < 4.78 is 13.7. The van der Waals surface area contributed by atoms with Gasteiger partial charge in [-0.05, 0) is 23.8 Å². The van der Waals surface area contributed by atoms with Crippen molar-refractivity contribution in [1.82, 2.24) is 5.32 Å². The summed E-state index contributed by atoms with van der Waals surface area (Å²) in [6.45, 7) is 1.72. The Labute approximate surface area is 133 Å². The van der Waals surface area contributed by atoms with E-state index < -0.39 is 5.82 Å². The monoisotopic (exact) mass is 315 g/mol. The van der Waals surface area contributed by atoms with Gasteiger partial charge in [-0.15, -0.1) is 0 Å². The van der Waals surface area contributed by atoms with E-state index in [-0.39, 0.29) is 24.0 Å². The highest BCUT2D eigenvalue weighted by Crippen LogP contribution is 2.19. The lowest BCUT2D eigenvalue weighted by Gasteiger charge is -2.10. The van der Waals surface area contributed by atoms with Crippen LogP contribution in [-0.4, -0.2) is 18.4 Å². The number of halogens is 1. The van der Waals surface area contributed by atoms with Crippen molar-refractivity contribution < 1.29 is 14.0 Å². The van der Waals surface area contributed by atoms with Gasteiger partial charge >= 0.3 is 0 Å². The molecule has 0 saturated heterocycles. The molecule has 6 heteroatoms. The van der Waals surface area contributed by atoms with Gasteiger partial charge in [0, 0.05) is 19.2 Å². The zero-order valence-electron chi connectivity index (χ0n) is 12.7. The highest BCUT2D eigenvalue weighted by molar-refractivity contribution is 5.89. The Bertz CT molecular complexity index is 689. The van der Waals surface area contributed by atoms with Gasteiger partial charge in [-0.2, -0.15) is 0 Å². The van der Waals surface area contributed by atoms with Crippen molar-refractivity contribution >= 4 is 23.2 Å². The number of rotatable bonds is 6. The van der Waals surface area contributed by atoms with E-state index in [1.807, 2.05) is 30.3 Å². The van der Waals surface area contributed by atoms with Crippen molar-refractivity contribution in [3.05, 3.63) is 59.9 Å². The molecule has 0 aliphatic heterocycles. The first-order valence-corrected chi connectivity index (χ1v) is 7.16. The molecule has 0 aromatic heterocycles. The minimum absolute atomic E-state index is 0.0622. The van der Waals surface area contributed by atoms with Gasteiger partial charge in [-0.1, -0.05) is 30.3 Å². The number of amides is 2. The zero-order chi connectivity index (χ0) is 16.7. The molecule has 2 rings (SSSR count). The van der Waals surface area contributed by atoms with Gasteiger partial charge in [-0.3, -0.25) is 9.59 Å². The second-order valence-corrected chi connectivity index (χ2v) is 4.99. The van der Waals surface area contributed by atoms with E-state index in [4.69, 9.17) is 0 Å². The summed E-state index contributed by atoms with van der Waals surface area (Å²) in [5.74, 6) is -0.990. The molecule has 120 valence electrons. The third-order valence-corrected chi connectivity index (χ3v) is 3.06. The molecule has 0 heterocycles. The maximum absolute atomic E-state index is 13.7. The SMILES string of the molecule is CC(=O)Nc1ccc(F)c(NCC(=O)NCc2ccccc2)c1. The quantitative estimate of drug-likeness (QED) is 0.767. The van der Waals surface area contributed by atoms with Gasteiger partial charge in [0.25, 0.3) is 0 Å². The molecule has 2 amide bonds. The summed E-state index contributed by atoms with van der Waals surface area (Å²) in [7, 11) is 0. The van der Waals surface area contributed by atoms with Crippen molar-refractivity contribution in [2.75, 3.05) is 17.2 Å². The van der Waals surface area contributed by atoms with Crippen molar-refractivity contribution in [2.45, 2.75) is 13.5 Å². The van der Waals surface area contributed by atoms with Gasteiger partial charge in [-0.25, -0.2) is 4.39 Å². The van der Waals surface area contributed by atoms with E-state index in [1.54, 1.807) is 0 Å². The van der Waals surface area contributed by atoms with Crippen LogP contribution in [0.15, 0.2) is 48.5 Å². The van der Waals surface area contributed by atoms with E-state index in [9.17, 15) is 14.0 Å². The lowest BCUT2D eigenvalue weighted by molar-refractivity contribution is -0.119. The number of nitrogens with one attached hydrogen (secondary N) is 3. The average Bonchev–Trinajstić information content (AvgIpc) is 2.54. The topological polar surface area (TPSA) is 70.2 Å². The number of carbonyl (C=O) groups excluding carboxylic acids is 2. The maximum atomic E-state index is 13.7. The van der Waals surface area contributed by atoms with E-state index >= 15 is 0 Å². The van der Waals surface area contributed by atoms with Gasteiger partial charge in [0.05, 0.1) is 12.2 Å². The average molecular weight is 315 g/mol. The molecule has 2 aromatic rings. The molecule has 23 heavy (non-hydrogen) atoms. The Kier molecular flexibility index (Phi) is 5.68. The van der Waals surface area contributed by atoms with Crippen molar-refractivity contribution in [3.63, 3.8) is 0 Å². The zero-order valence-corrected chi connectivity index (χ0v) is 12.7. The standard InChI is InChI=1S/C17H18FN3O2/c1-12(22)21-14-7-8-15(18)16(9-14)19-11-17(23)20-10-13-5-3-2-4-6-13/h2-9,19H,10-11H2,1H3,(H,20,23)(H,21,22). The molecule has 0 spiro atoms. The second kappa shape index (κ2) is 7.93. The van der Waals surface area contributed by atoms with E-state index in [2.05, 4.69) is 16.0 Å². The van der Waals surface area contributed by atoms with Crippen LogP contribution in [0.4, 0.5) is 15.8 Å². The number of hydrogen-bond acceptors (Lipinski definition) is 3. The molecule has 0 bridgehead atoms. The summed E-state index contributed by atoms with van der Waals surface area (Å²) in [5, 5.41) is 8.03. The Hall–Kier alpha value is -2.89. The minimum atomic E-state index is -0.491. The molecule has 0 radical (unpaired) electrons. The lowest BCUT2D eigenvalue weighted by atomic mass is 10.2. The third-order valence-electron chi connectivity index (χ3n) is 3.06. The molecule has 5 nitrogen and oxygen atoms in total. The van der Waals surface area contributed by atoms with Crippen molar-refractivity contribution in [1.29, 1.82) is 0 Å². The van der Waals surface area contributed by atoms with Crippen molar-refractivity contribution in [3.8, 4) is 0 Å². The summed E-state index contributed by atoms with van der Waals surface area (Å²) in [6, 6.07) is 13.6. The smallest absolute Gasteiger partial charge is 0.239 e. The molecule has 0 unspecified atom stereocenters. The molecule has 2 aromatic carbocycles. The highest BCUT2D eigenvalue weighted by Gasteiger charge is 2.07. The summed E-state index contributed by atoms with van der Waals surface area (Å²) >= 11 is 0. The Morgan fingerprint density at radius 1 is 1.09 bits per heavy atom. The first kappa shape index (κ1) is 16.5. The molecular weight excluding hydrogens is 297 g/mol. The maximum Gasteiger partial charge on any atom is 0.239 e. The first-order chi connectivity index (χ1) is 11.0. The highest BCUT2D eigenvalue weighted by atomic mass is 19.1. The third kappa shape index (κ3) is 5.43. The van der Waals surface area contributed by atoms with Crippen LogP contribution in [0.3, 0.4) is 0 Å². The van der Waals surface area contributed by atoms with Crippen LogP contribution in [0.2, 0.25) is 0 Å². The van der Waals surface area contributed by atoms with Gasteiger partial charge in [0.2, 0.25) is 11.8 Å². The van der Waals surface area contributed by atoms with Crippen LogP contribution in [0.25, 0.3) is 0 Å². The van der Waals surface area contributed by atoms with E-state index in [1.165, 1.54) is 25.1 Å². The molecule has 0 aliphatic carbocycles. The summed E-state index contributed by atoms with van der Waals surface area (Å²) in [5.41, 5.74) is 1.61. The molecule has 0 saturated carbocycles. The fraction of sp³-hybridized carbons (Fsp3) is 0.176. The van der Waals surface area contributed by atoms with Gasteiger partial charge < -0.3 is 16.0 Å². The largest absolute Gasteiger partial charge is 0.374 e. The van der Waals surface area contributed by atoms with E-state index in [0.29, 0.717) is 12.2 Å². The summed E-state index contributed by atoms with van der Waals surface area (Å²) in [4.78, 5) is 22.8. The van der Waals surface area contributed by atoms with Crippen LogP contribution < -0.4 is 16.0 Å². The number of anilines is 2. The Morgan fingerprint density at radius 2 is 1.83 bits per heavy atom. The molecule has 0 atom stereocenters. The number of hydrogen-bond donors (Lipinski definition) is 3. The molecule has 0 fully saturated rings. The number of benzene rings is 2. The van der Waals surface area contributed by atoms with Gasteiger partial charge in [0.1, 0.15) is 5.82 Å². The predicted octanol–water partition coefficient (Wildman–Crippen LogP) is 2.51. The first-order valence-electron chi connectivity index (χ1n) is 7.16. The second-order valence-electron chi connectivity index (χ2n) is 4.99. The van der Waals surface area contributed by atoms with E-state index in [0.717, 1.165) is 5.56 Å². The van der Waals surface area contributed by atoms with Crippen LogP contribution >= 0.6 is 0 Å². The molecule has 0 aliphatic rings. The minimum Gasteiger partial charge on any atom is -0.374 e. The van der Waals surface area contributed by atoms with Gasteiger partial charge in [0.15, 0.2) is 0 Å². The number of carbonyl (C=O) groups is 2. The van der Waals surface area contributed by atoms with Crippen LogP contribution in [0.1, 0.15) is 12.5 Å². The summed E-state index contributed by atoms with van der Waals surface area (Å²) in [6.07, 6.45) is 0. The Balaban J connectivity index is 1.87. The fourth-order valence-corrected chi connectivity index (χ4v) is 1.98. The molecule has 3 N–H and O–H groups in total. The van der Waals surface area contributed by atoms with Crippen LogP contribution in [-0.2, 0) is 16.1 Å². The predicted molar refractivity (Wildman–Crippen MR) is 87.5 cm³/mol. The van der Waals surface area contributed by atoms with Crippen LogP contribution in [0, 0.1) is 5.82 Å². The normalized spacial score (nSPS) is 10.0. The van der Waals surface area contributed by atoms with Crippen LogP contribution in [0.5, 0.6) is 0 Å².